The summed E-state index contributed by atoms with van der Waals surface area (Å²) in [6.45, 7) is 1.28. The first-order valence-electron chi connectivity index (χ1n) is 6.29. The molecule has 1 atom stereocenters. The second-order valence-electron chi connectivity index (χ2n) is 4.39. The highest BCUT2D eigenvalue weighted by atomic mass is 16.5. The summed E-state index contributed by atoms with van der Waals surface area (Å²) in [5.74, 6) is -1.39. The van der Waals surface area contributed by atoms with Crippen molar-refractivity contribution in [1.82, 2.24) is 4.90 Å². The molecule has 0 saturated carbocycles. The van der Waals surface area contributed by atoms with E-state index < -0.39 is 11.9 Å². The number of aliphatic carboxylic acids is 2. The Bertz CT molecular complexity index is 441. The first kappa shape index (κ1) is 16.0. The molecule has 0 spiro atoms. The van der Waals surface area contributed by atoms with Gasteiger partial charge < -0.3 is 14.9 Å². The van der Waals surface area contributed by atoms with Gasteiger partial charge in [-0.1, -0.05) is 19.1 Å². The molecule has 0 amide bonds. The van der Waals surface area contributed by atoms with Crippen LogP contribution in [0.5, 0.6) is 5.75 Å². The third kappa shape index (κ3) is 4.55. The highest BCUT2D eigenvalue weighted by Crippen LogP contribution is 2.25. The molecule has 1 aromatic rings. The molecule has 20 heavy (non-hydrogen) atoms. The van der Waals surface area contributed by atoms with E-state index in [1.54, 1.807) is 19.2 Å². The van der Waals surface area contributed by atoms with Gasteiger partial charge >= 0.3 is 11.9 Å². The van der Waals surface area contributed by atoms with Crippen molar-refractivity contribution in [3.63, 3.8) is 0 Å². The maximum Gasteiger partial charge on any atom is 0.317 e. The molecule has 0 heterocycles. The van der Waals surface area contributed by atoms with Crippen molar-refractivity contribution in [2.45, 2.75) is 19.4 Å². The summed E-state index contributed by atoms with van der Waals surface area (Å²) < 4.78 is 5.07. The van der Waals surface area contributed by atoms with Gasteiger partial charge in [0.25, 0.3) is 0 Å². The predicted molar refractivity (Wildman–Crippen MR) is 72.9 cm³/mol. The van der Waals surface area contributed by atoms with Crippen molar-refractivity contribution in [3.8, 4) is 5.75 Å². The summed E-state index contributed by atoms with van der Waals surface area (Å²) in [4.78, 5) is 23.2. The van der Waals surface area contributed by atoms with Crippen LogP contribution in [0.3, 0.4) is 0 Å². The van der Waals surface area contributed by atoms with Crippen LogP contribution in [0.25, 0.3) is 0 Å². The lowest BCUT2D eigenvalue weighted by Crippen LogP contribution is -2.37. The number of rotatable bonds is 8. The Labute approximate surface area is 117 Å². The summed E-state index contributed by atoms with van der Waals surface area (Å²) in [7, 11) is 1.56. The van der Waals surface area contributed by atoms with Crippen LogP contribution in [0.4, 0.5) is 0 Å². The number of carboxylic acid groups (broad SMARTS) is 2. The molecule has 0 aromatic heterocycles. The van der Waals surface area contributed by atoms with E-state index in [2.05, 4.69) is 0 Å². The van der Waals surface area contributed by atoms with E-state index in [0.29, 0.717) is 12.2 Å². The van der Waals surface area contributed by atoms with Crippen LogP contribution < -0.4 is 4.74 Å². The summed E-state index contributed by atoms with van der Waals surface area (Å²) in [5.41, 5.74) is 0.871. The summed E-state index contributed by atoms with van der Waals surface area (Å²) in [6.07, 6.45) is 0.618. The number of carbonyl (C=O) groups is 2. The Hall–Kier alpha value is -2.08. The third-order valence-electron chi connectivity index (χ3n) is 3.00. The molecule has 110 valence electrons. The smallest absolute Gasteiger partial charge is 0.317 e. The minimum absolute atomic E-state index is 0.256. The Balaban J connectivity index is 2.97. The zero-order valence-electron chi connectivity index (χ0n) is 11.6. The van der Waals surface area contributed by atoms with E-state index in [-0.39, 0.29) is 19.1 Å². The van der Waals surface area contributed by atoms with Gasteiger partial charge in [-0.25, -0.2) is 0 Å². The standard InChI is InChI=1S/C14H19NO5/c1-3-12(10-4-6-11(20-2)7-5-10)15(8-13(16)17)9-14(18)19/h4-7,12H,3,8-9H2,1-2H3,(H,16,17)(H,18,19). The van der Waals surface area contributed by atoms with Gasteiger partial charge in [0, 0.05) is 6.04 Å². The molecular formula is C14H19NO5. The van der Waals surface area contributed by atoms with E-state index in [0.717, 1.165) is 5.56 Å². The van der Waals surface area contributed by atoms with E-state index in [9.17, 15) is 9.59 Å². The SMILES string of the molecule is CCC(c1ccc(OC)cc1)N(CC(=O)O)CC(=O)O. The van der Waals surface area contributed by atoms with E-state index in [1.165, 1.54) is 4.90 Å². The second kappa shape index (κ2) is 7.49. The molecular weight excluding hydrogens is 262 g/mol. The number of carboxylic acids is 2. The molecule has 0 aliphatic rings. The number of hydrogen-bond acceptors (Lipinski definition) is 4. The highest BCUT2D eigenvalue weighted by molar-refractivity contribution is 5.72. The Morgan fingerprint density at radius 1 is 1.15 bits per heavy atom. The van der Waals surface area contributed by atoms with Crippen LogP contribution in [0.2, 0.25) is 0 Å². The topological polar surface area (TPSA) is 87.1 Å². The Kier molecular flexibility index (Phi) is 5.99. The molecule has 6 heteroatoms. The molecule has 0 saturated heterocycles. The maximum absolute atomic E-state index is 10.9. The van der Waals surface area contributed by atoms with Crippen molar-refractivity contribution in [3.05, 3.63) is 29.8 Å². The van der Waals surface area contributed by atoms with Crippen molar-refractivity contribution in [2.24, 2.45) is 0 Å². The van der Waals surface area contributed by atoms with Gasteiger partial charge in [-0.2, -0.15) is 0 Å². The molecule has 0 fully saturated rings. The monoisotopic (exact) mass is 281 g/mol. The van der Waals surface area contributed by atoms with Crippen LogP contribution in [0, 0.1) is 0 Å². The van der Waals surface area contributed by atoms with Gasteiger partial charge in [-0.05, 0) is 24.1 Å². The lowest BCUT2D eigenvalue weighted by atomic mass is 10.0. The van der Waals surface area contributed by atoms with Crippen LogP contribution in [-0.4, -0.2) is 47.3 Å². The number of ether oxygens (including phenoxy) is 1. The largest absolute Gasteiger partial charge is 0.497 e. The lowest BCUT2D eigenvalue weighted by molar-refractivity contribution is -0.143. The average molecular weight is 281 g/mol. The van der Waals surface area contributed by atoms with Gasteiger partial charge in [0.2, 0.25) is 0 Å². The zero-order chi connectivity index (χ0) is 15.1. The molecule has 1 aromatic carbocycles. The maximum atomic E-state index is 10.9. The molecule has 0 radical (unpaired) electrons. The van der Waals surface area contributed by atoms with Crippen molar-refractivity contribution >= 4 is 11.9 Å². The number of methoxy groups -OCH3 is 1. The normalized spacial score (nSPS) is 12.2. The molecule has 0 aliphatic heterocycles. The predicted octanol–water partition coefficient (Wildman–Crippen LogP) is 1.62. The van der Waals surface area contributed by atoms with Crippen LogP contribution in [0.15, 0.2) is 24.3 Å². The molecule has 0 aliphatic carbocycles. The second-order valence-corrected chi connectivity index (χ2v) is 4.39. The number of benzene rings is 1. The fourth-order valence-electron chi connectivity index (χ4n) is 2.15. The minimum Gasteiger partial charge on any atom is -0.497 e. The van der Waals surface area contributed by atoms with E-state index >= 15 is 0 Å². The van der Waals surface area contributed by atoms with E-state index in [1.807, 2.05) is 19.1 Å². The third-order valence-corrected chi connectivity index (χ3v) is 3.00. The van der Waals surface area contributed by atoms with Crippen LogP contribution >= 0.6 is 0 Å². The number of nitrogens with zero attached hydrogens (tertiary/aromatic N) is 1. The summed E-state index contributed by atoms with van der Waals surface area (Å²) in [5, 5.41) is 17.8. The average Bonchev–Trinajstić information content (AvgIpc) is 2.39. The van der Waals surface area contributed by atoms with Crippen LogP contribution in [0.1, 0.15) is 24.9 Å². The van der Waals surface area contributed by atoms with Crippen molar-refractivity contribution in [1.29, 1.82) is 0 Å². The van der Waals surface area contributed by atoms with Crippen molar-refractivity contribution in [2.75, 3.05) is 20.2 Å². The first-order valence-corrected chi connectivity index (χ1v) is 6.29. The zero-order valence-corrected chi connectivity index (χ0v) is 11.6. The van der Waals surface area contributed by atoms with Gasteiger partial charge in [0.05, 0.1) is 20.2 Å². The van der Waals surface area contributed by atoms with Gasteiger partial charge in [0.15, 0.2) is 0 Å². The van der Waals surface area contributed by atoms with Gasteiger partial charge in [0.1, 0.15) is 5.75 Å². The number of hydrogen-bond donors (Lipinski definition) is 2. The van der Waals surface area contributed by atoms with Crippen LogP contribution in [-0.2, 0) is 9.59 Å². The van der Waals surface area contributed by atoms with Gasteiger partial charge in [-0.3, -0.25) is 14.5 Å². The molecule has 6 nitrogen and oxygen atoms in total. The fraction of sp³-hybridized carbons (Fsp3) is 0.429. The lowest BCUT2D eigenvalue weighted by Gasteiger charge is -2.28. The minimum atomic E-state index is -1.04. The Morgan fingerprint density at radius 2 is 1.65 bits per heavy atom. The first-order chi connectivity index (χ1) is 9.47. The highest BCUT2D eigenvalue weighted by Gasteiger charge is 2.23. The van der Waals surface area contributed by atoms with Gasteiger partial charge in [-0.15, -0.1) is 0 Å². The Morgan fingerprint density at radius 3 is 2.00 bits per heavy atom. The molecule has 2 N–H and O–H groups in total. The summed E-state index contributed by atoms with van der Waals surface area (Å²) >= 11 is 0. The summed E-state index contributed by atoms with van der Waals surface area (Å²) in [6, 6.07) is 6.94. The molecule has 1 unspecified atom stereocenters. The molecule has 1 rings (SSSR count). The quantitative estimate of drug-likeness (QED) is 0.753. The van der Waals surface area contributed by atoms with Crippen molar-refractivity contribution < 1.29 is 24.5 Å². The van der Waals surface area contributed by atoms with E-state index in [4.69, 9.17) is 14.9 Å². The molecule has 0 bridgehead atoms. The fourth-order valence-corrected chi connectivity index (χ4v) is 2.15.